The van der Waals surface area contributed by atoms with Crippen molar-refractivity contribution in [2.24, 2.45) is 5.92 Å². The molecule has 1 saturated heterocycles. The average molecular weight is 217 g/mol. The second-order valence-corrected chi connectivity index (χ2v) is 4.67. The van der Waals surface area contributed by atoms with E-state index in [1.165, 1.54) is 12.8 Å². The van der Waals surface area contributed by atoms with Crippen LogP contribution in [0.2, 0.25) is 0 Å². The van der Waals surface area contributed by atoms with Gasteiger partial charge in [0.15, 0.2) is 0 Å². The molecule has 0 spiro atoms. The van der Waals surface area contributed by atoms with Crippen LogP contribution < -0.4 is 4.74 Å². The average Bonchev–Trinajstić information content (AvgIpc) is 2.92. The molecule has 0 N–H and O–H groups in total. The van der Waals surface area contributed by atoms with Crippen molar-refractivity contribution in [1.82, 2.24) is 4.90 Å². The predicted octanol–water partition coefficient (Wildman–Crippen LogP) is 2.67. The summed E-state index contributed by atoms with van der Waals surface area (Å²) >= 11 is 0. The van der Waals surface area contributed by atoms with Crippen LogP contribution in [-0.2, 0) is 0 Å². The van der Waals surface area contributed by atoms with Gasteiger partial charge in [-0.05, 0) is 37.3 Å². The largest absolute Gasteiger partial charge is 0.415 e. The lowest BCUT2D eigenvalue weighted by molar-refractivity contribution is 0.137. The number of ether oxygens (including phenoxy) is 1. The molecule has 2 atom stereocenters. The van der Waals surface area contributed by atoms with Crippen molar-refractivity contribution >= 4 is 6.09 Å². The molecule has 1 aliphatic heterocycles. The monoisotopic (exact) mass is 217 g/mol. The highest BCUT2D eigenvalue weighted by atomic mass is 16.6. The van der Waals surface area contributed by atoms with E-state index in [-0.39, 0.29) is 6.09 Å². The van der Waals surface area contributed by atoms with Crippen molar-refractivity contribution in [2.75, 3.05) is 6.54 Å². The number of fused-ring (bicyclic) bond motifs is 2. The summed E-state index contributed by atoms with van der Waals surface area (Å²) in [7, 11) is 0. The number of carbonyl (C=O) groups excluding carboxylic acids is 1. The van der Waals surface area contributed by atoms with Gasteiger partial charge in [0.25, 0.3) is 0 Å². The van der Waals surface area contributed by atoms with Crippen LogP contribution in [0, 0.1) is 5.92 Å². The number of benzene rings is 1. The maximum atomic E-state index is 11.9. The minimum Gasteiger partial charge on any atom is -0.410 e. The van der Waals surface area contributed by atoms with Gasteiger partial charge in [0.05, 0.1) is 0 Å². The fourth-order valence-corrected chi connectivity index (χ4v) is 2.80. The van der Waals surface area contributed by atoms with Gasteiger partial charge in [0.1, 0.15) is 5.75 Å². The lowest BCUT2D eigenvalue weighted by Gasteiger charge is -2.25. The van der Waals surface area contributed by atoms with Crippen molar-refractivity contribution in [3.63, 3.8) is 0 Å². The zero-order valence-corrected chi connectivity index (χ0v) is 9.13. The first-order valence-electron chi connectivity index (χ1n) is 5.86. The summed E-state index contributed by atoms with van der Waals surface area (Å²) in [6.45, 7) is 0.885. The summed E-state index contributed by atoms with van der Waals surface area (Å²) < 4.78 is 5.34. The molecule has 2 fully saturated rings. The number of piperidine rings is 1. The van der Waals surface area contributed by atoms with Gasteiger partial charge in [-0.25, -0.2) is 4.79 Å². The van der Waals surface area contributed by atoms with Gasteiger partial charge in [-0.15, -0.1) is 0 Å². The first kappa shape index (κ1) is 9.70. The van der Waals surface area contributed by atoms with Crippen molar-refractivity contribution < 1.29 is 9.53 Å². The number of carbonyl (C=O) groups is 1. The highest BCUT2D eigenvalue weighted by Crippen LogP contribution is 2.37. The number of para-hydroxylation sites is 1. The smallest absolute Gasteiger partial charge is 0.410 e. The Hall–Kier alpha value is -1.51. The Morgan fingerprint density at radius 1 is 1.25 bits per heavy atom. The number of hydrogen-bond donors (Lipinski definition) is 0. The molecule has 3 heteroatoms. The third kappa shape index (κ3) is 1.66. The molecule has 3 nitrogen and oxygen atoms in total. The Kier molecular flexibility index (Phi) is 2.31. The third-order valence-corrected chi connectivity index (χ3v) is 3.59. The second kappa shape index (κ2) is 3.81. The van der Waals surface area contributed by atoms with Crippen LogP contribution in [0.5, 0.6) is 5.75 Å². The van der Waals surface area contributed by atoms with Crippen LogP contribution in [0.1, 0.15) is 19.3 Å². The van der Waals surface area contributed by atoms with E-state index in [4.69, 9.17) is 4.74 Å². The number of hydrogen-bond acceptors (Lipinski definition) is 2. The van der Waals surface area contributed by atoms with E-state index in [0.29, 0.717) is 17.7 Å². The Morgan fingerprint density at radius 3 is 2.69 bits per heavy atom. The first-order chi connectivity index (χ1) is 7.83. The maximum Gasteiger partial charge on any atom is 0.415 e. The molecule has 1 amide bonds. The molecule has 1 aromatic rings. The maximum absolute atomic E-state index is 11.9. The molecular weight excluding hydrogens is 202 g/mol. The van der Waals surface area contributed by atoms with Gasteiger partial charge in [-0.1, -0.05) is 18.2 Å². The highest BCUT2D eigenvalue weighted by Gasteiger charge is 2.41. The molecule has 1 aromatic carbocycles. The summed E-state index contributed by atoms with van der Waals surface area (Å²) in [5, 5.41) is 0. The quantitative estimate of drug-likeness (QED) is 0.723. The van der Waals surface area contributed by atoms with Crippen LogP contribution in [0.3, 0.4) is 0 Å². The van der Waals surface area contributed by atoms with Crippen LogP contribution >= 0.6 is 0 Å². The summed E-state index contributed by atoms with van der Waals surface area (Å²) in [6, 6.07) is 9.71. The first-order valence-corrected chi connectivity index (χ1v) is 5.86. The molecule has 2 bridgehead atoms. The molecule has 1 aliphatic carbocycles. The van der Waals surface area contributed by atoms with Crippen LogP contribution in [0.4, 0.5) is 4.79 Å². The molecular formula is C13H15NO2. The minimum absolute atomic E-state index is 0.182. The van der Waals surface area contributed by atoms with Gasteiger partial charge in [0.2, 0.25) is 0 Å². The summed E-state index contributed by atoms with van der Waals surface area (Å²) in [4.78, 5) is 13.8. The van der Waals surface area contributed by atoms with Gasteiger partial charge >= 0.3 is 6.09 Å². The highest BCUT2D eigenvalue weighted by molar-refractivity contribution is 5.71. The molecule has 1 heterocycles. The summed E-state index contributed by atoms with van der Waals surface area (Å²) in [5.41, 5.74) is 0. The number of rotatable bonds is 1. The SMILES string of the molecule is O=C(Oc1ccccc1)N1CC2CCC1C2. The lowest BCUT2D eigenvalue weighted by Crippen LogP contribution is -2.39. The molecule has 1 saturated carbocycles. The Balaban J connectivity index is 1.66. The van der Waals surface area contributed by atoms with E-state index in [2.05, 4.69) is 0 Å². The Morgan fingerprint density at radius 2 is 2.06 bits per heavy atom. The van der Waals surface area contributed by atoms with Crippen LogP contribution in [0.15, 0.2) is 30.3 Å². The Labute approximate surface area is 95.0 Å². The van der Waals surface area contributed by atoms with Crippen molar-refractivity contribution in [2.45, 2.75) is 25.3 Å². The molecule has 84 valence electrons. The van der Waals surface area contributed by atoms with Crippen molar-refractivity contribution in [3.8, 4) is 5.75 Å². The number of amides is 1. The molecule has 0 aromatic heterocycles. The predicted molar refractivity (Wildman–Crippen MR) is 60.3 cm³/mol. The van der Waals surface area contributed by atoms with Crippen LogP contribution in [-0.4, -0.2) is 23.6 Å². The third-order valence-electron chi connectivity index (χ3n) is 3.59. The standard InChI is InChI=1S/C13H15NO2/c15-13(16-12-4-2-1-3-5-12)14-9-10-6-7-11(14)8-10/h1-5,10-11H,6-9H2. The normalized spacial score (nSPS) is 27.1. The molecule has 16 heavy (non-hydrogen) atoms. The van der Waals surface area contributed by atoms with E-state index < -0.39 is 0 Å². The van der Waals surface area contributed by atoms with E-state index in [1.807, 2.05) is 35.2 Å². The number of likely N-dealkylation sites (tertiary alicyclic amines) is 1. The molecule has 3 rings (SSSR count). The summed E-state index contributed by atoms with van der Waals surface area (Å²) in [5.74, 6) is 1.35. The lowest BCUT2D eigenvalue weighted by atomic mass is 10.1. The zero-order chi connectivity index (χ0) is 11.0. The zero-order valence-electron chi connectivity index (χ0n) is 9.13. The second-order valence-electron chi connectivity index (χ2n) is 4.67. The van der Waals surface area contributed by atoms with E-state index in [0.717, 1.165) is 13.0 Å². The minimum atomic E-state index is -0.182. The van der Waals surface area contributed by atoms with Gasteiger partial charge in [0, 0.05) is 12.6 Å². The van der Waals surface area contributed by atoms with E-state index in [1.54, 1.807) is 0 Å². The van der Waals surface area contributed by atoms with E-state index >= 15 is 0 Å². The Bertz CT molecular complexity index is 390. The van der Waals surface area contributed by atoms with Gasteiger partial charge in [-0.3, -0.25) is 0 Å². The topological polar surface area (TPSA) is 29.5 Å². The fraction of sp³-hybridized carbons (Fsp3) is 0.462. The van der Waals surface area contributed by atoms with Gasteiger partial charge < -0.3 is 9.64 Å². The molecule has 2 unspecified atom stereocenters. The van der Waals surface area contributed by atoms with Crippen molar-refractivity contribution in [1.29, 1.82) is 0 Å². The van der Waals surface area contributed by atoms with Crippen molar-refractivity contribution in [3.05, 3.63) is 30.3 Å². The summed E-state index contributed by atoms with van der Waals surface area (Å²) in [6.07, 6.45) is 3.41. The van der Waals surface area contributed by atoms with E-state index in [9.17, 15) is 4.79 Å². The molecule has 2 aliphatic rings. The van der Waals surface area contributed by atoms with Crippen LogP contribution in [0.25, 0.3) is 0 Å². The van der Waals surface area contributed by atoms with Gasteiger partial charge in [-0.2, -0.15) is 0 Å². The fourth-order valence-electron chi connectivity index (χ4n) is 2.80. The number of nitrogens with zero attached hydrogens (tertiary/aromatic N) is 1. The molecule has 0 radical (unpaired) electrons.